The van der Waals surface area contributed by atoms with Crippen LogP contribution >= 0.6 is 11.8 Å². The third kappa shape index (κ3) is 10.1. The van der Waals surface area contributed by atoms with Gasteiger partial charge in [0.25, 0.3) is 0 Å². The summed E-state index contributed by atoms with van der Waals surface area (Å²) in [6, 6.07) is 20.6. The number of anilines is 1. The van der Waals surface area contributed by atoms with Crippen molar-refractivity contribution in [1.29, 1.82) is 10.5 Å². The summed E-state index contributed by atoms with van der Waals surface area (Å²) in [5.74, 6) is -0.550. The summed E-state index contributed by atoms with van der Waals surface area (Å²) < 4.78 is 0. The van der Waals surface area contributed by atoms with E-state index >= 15 is 0 Å². The molecule has 9 heteroatoms. The monoisotopic (exact) mass is 534 g/mol. The molecule has 2 rings (SSSR count). The van der Waals surface area contributed by atoms with Gasteiger partial charge in [-0.25, -0.2) is 0 Å². The highest BCUT2D eigenvalue weighted by atomic mass is 32.2. The van der Waals surface area contributed by atoms with Gasteiger partial charge in [-0.15, -0.1) is 11.8 Å². The number of rotatable bonds is 15. The quantitative estimate of drug-likeness (QED) is 0.299. The standard InChI is InChI=1S/C29H38N6O2S/c1-5-32-27(36)26(38-21-29(3,20-31)28(37)33-14-13-30)18-34-25-11-7-9-23(17-25)12-15-35(4)19-24-10-6-8-22(2)16-24/h6-11,16-17,26,34H,5,12,14-15,18-19,21H2,1-4H3,(H,32,36)(H,33,37). The fraction of sp³-hybridized carbons (Fsp3) is 0.448. The molecular weight excluding hydrogens is 496 g/mol. The van der Waals surface area contributed by atoms with Gasteiger partial charge < -0.3 is 20.9 Å². The second-order valence-corrected chi connectivity index (χ2v) is 10.7. The second kappa shape index (κ2) is 15.7. The zero-order chi connectivity index (χ0) is 28.0. The van der Waals surface area contributed by atoms with Gasteiger partial charge in [-0.05, 0) is 57.5 Å². The predicted molar refractivity (Wildman–Crippen MR) is 153 cm³/mol. The smallest absolute Gasteiger partial charge is 0.241 e. The maximum atomic E-state index is 12.7. The fourth-order valence-corrected chi connectivity index (χ4v) is 4.98. The van der Waals surface area contributed by atoms with Crippen molar-refractivity contribution in [3.8, 4) is 12.1 Å². The first kappa shape index (κ1) is 30.7. The van der Waals surface area contributed by atoms with Crippen LogP contribution in [0.1, 0.15) is 30.5 Å². The Morgan fingerprint density at radius 2 is 1.84 bits per heavy atom. The van der Waals surface area contributed by atoms with Crippen molar-refractivity contribution in [2.75, 3.05) is 44.3 Å². The van der Waals surface area contributed by atoms with Gasteiger partial charge in [0, 0.05) is 37.6 Å². The van der Waals surface area contributed by atoms with Crippen molar-refractivity contribution in [2.45, 2.75) is 39.0 Å². The van der Waals surface area contributed by atoms with E-state index in [1.165, 1.54) is 35.4 Å². The van der Waals surface area contributed by atoms with Gasteiger partial charge in [-0.3, -0.25) is 9.59 Å². The van der Waals surface area contributed by atoms with Crippen molar-refractivity contribution in [2.24, 2.45) is 5.41 Å². The van der Waals surface area contributed by atoms with E-state index in [0.717, 1.165) is 25.2 Å². The van der Waals surface area contributed by atoms with Gasteiger partial charge in [0.2, 0.25) is 11.8 Å². The summed E-state index contributed by atoms with van der Waals surface area (Å²) in [5.41, 5.74) is 3.31. The molecule has 2 amide bonds. The molecule has 2 unspecified atom stereocenters. The molecule has 0 fully saturated rings. The molecule has 0 saturated carbocycles. The lowest BCUT2D eigenvalue weighted by molar-refractivity contribution is -0.126. The molecule has 0 spiro atoms. The molecule has 0 saturated heterocycles. The van der Waals surface area contributed by atoms with Crippen molar-refractivity contribution in [3.63, 3.8) is 0 Å². The van der Waals surface area contributed by atoms with Crippen LogP contribution in [0.5, 0.6) is 0 Å². The van der Waals surface area contributed by atoms with Crippen LogP contribution in [-0.4, -0.2) is 60.9 Å². The average molecular weight is 535 g/mol. The Morgan fingerprint density at radius 1 is 1.11 bits per heavy atom. The van der Waals surface area contributed by atoms with Gasteiger partial charge >= 0.3 is 0 Å². The summed E-state index contributed by atoms with van der Waals surface area (Å²) in [6.45, 7) is 7.94. The molecule has 38 heavy (non-hydrogen) atoms. The SMILES string of the molecule is CCNC(=O)C(CNc1cccc(CCN(C)Cc2cccc(C)c2)c1)SCC(C)(C#N)C(=O)NCC#N. The molecule has 8 nitrogen and oxygen atoms in total. The minimum absolute atomic E-state index is 0.123. The van der Waals surface area contributed by atoms with Crippen molar-refractivity contribution in [3.05, 3.63) is 65.2 Å². The number of hydrogen-bond acceptors (Lipinski definition) is 7. The first-order chi connectivity index (χ1) is 18.2. The number of carbonyl (C=O) groups is 2. The number of amides is 2. The van der Waals surface area contributed by atoms with Crippen LogP contribution in [0, 0.1) is 35.0 Å². The average Bonchev–Trinajstić information content (AvgIpc) is 2.90. The van der Waals surface area contributed by atoms with E-state index in [1.807, 2.05) is 31.2 Å². The van der Waals surface area contributed by atoms with Crippen LogP contribution in [0.25, 0.3) is 0 Å². The molecule has 2 aromatic carbocycles. The van der Waals surface area contributed by atoms with Crippen LogP contribution in [-0.2, 0) is 22.6 Å². The summed E-state index contributed by atoms with van der Waals surface area (Å²) >= 11 is 1.25. The van der Waals surface area contributed by atoms with Crippen LogP contribution in [0.15, 0.2) is 48.5 Å². The summed E-state index contributed by atoms with van der Waals surface area (Å²) in [6.07, 6.45) is 0.894. The van der Waals surface area contributed by atoms with Crippen LogP contribution in [0.4, 0.5) is 5.69 Å². The zero-order valence-electron chi connectivity index (χ0n) is 22.7. The number of nitriles is 2. The highest BCUT2D eigenvalue weighted by molar-refractivity contribution is 8.00. The summed E-state index contributed by atoms with van der Waals surface area (Å²) in [4.78, 5) is 27.4. The third-order valence-electron chi connectivity index (χ3n) is 6.03. The molecule has 0 aromatic heterocycles. The fourth-order valence-electron chi connectivity index (χ4n) is 3.81. The first-order valence-corrected chi connectivity index (χ1v) is 13.8. The molecular formula is C29H38N6O2S. The normalized spacial score (nSPS) is 13.0. The Hall–Kier alpha value is -3.53. The Morgan fingerprint density at radius 3 is 2.53 bits per heavy atom. The number of nitrogens with zero attached hydrogens (tertiary/aromatic N) is 3. The lowest BCUT2D eigenvalue weighted by atomic mass is 9.94. The van der Waals surface area contributed by atoms with E-state index in [4.69, 9.17) is 5.26 Å². The molecule has 2 aromatic rings. The van der Waals surface area contributed by atoms with Gasteiger partial charge in [-0.2, -0.15) is 10.5 Å². The maximum absolute atomic E-state index is 12.7. The lowest BCUT2D eigenvalue weighted by Crippen LogP contribution is -2.42. The van der Waals surface area contributed by atoms with E-state index < -0.39 is 16.6 Å². The molecule has 0 aliphatic carbocycles. The zero-order valence-corrected chi connectivity index (χ0v) is 23.5. The van der Waals surface area contributed by atoms with E-state index in [-0.39, 0.29) is 18.2 Å². The minimum atomic E-state index is -1.35. The molecule has 202 valence electrons. The molecule has 2 atom stereocenters. The molecule has 0 aliphatic rings. The molecule has 0 radical (unpaired) electrons. The largest absolute Gasteiger partial charge is 0.383 e. The maximum Gasteiger partial charge on any atom is 0.241 e. The van der Waals surface area contributed by atoms with Crippen molar-refractivity contribution >= 4 is 29.3 Å². The van der Waals surface area contributed by atoms with Gasteiger partial charge in [0.05, 0.1) is 12.1 Å². The van der Waals surface area contributed by atoms with E-state index in [9.17, 15) is 14.9 Å². The van der Waals surface area contributed by atoms with Gasteiger partial charge in [-0.1, -0.05) is 42.0 Å². The van der Waals surface area contributed by atoms with E-state index in [2.05, 4.69) is 71.2 Å². The number of likely N-dealkylation sites (N-methyl/N-ethyl adjacent to an activating group) is 1. The van der Waals surface area contributed by atoms with Crippen LogP contribution in [0.3, 0.4) is 0 Å². The highest BCUT2D eigenvalue weighted by Crippen LogP contribution is 2.26. The predicted octanol–water partition coefficient (Wildman–Crippen LogP) is 3.49. The minimum Gasteiger partial charge on any atom is -0.383 e. The molecule has 0 heterocycles. The van der Waals surface area contributed by atoms with E-state index in [1.54, 1.807) is 0 Å². The molecule has 3 N–H and O–H groups in total. The number of nitrogens with one attached hydrogen (secondary N) is 3. The highest BCUT2D eigenvalue weighted by Gasteiger charge is 2.35. The number of hydrogen-bond donors (Lipinski definition) is 3. The summed E-state index contributed by atoms with van der Waals surface area (Å²) in [5, 5.41) is 26.5. The Labute approximate surface area is 230 Å². The molecule has 0 aliphatic heterocycles. The Balaban J connectivity index is 1.97. The number of aryl methyl sites for hydroxylation is 1. The van der Waals surface area contributed by atoms with Crippen LogP contribution < -0.4 is 16.0 Å². The molecule has 0 bridgehead atoms. The third-order valence-corrected chi connectivity index (χ3v) is 7.56. The number of thioether (sulfide) groups is 1. The topological polar surface area (TPSA) is 121 Å². The number of benzene rings is 2. The van der Waals surface area contributed by atoms with Crippen molar-refractivity contribution < 1.29 is 9.59 Å². The van der Waals surface area contributed by atoms with E-state index in [0.29, 0.717) is 13.1 Å². The van der Waals surface area contributed by atoms with Gasteiger partial charge in [0.1, 0.15) is 17.2 Å². The number of carbonyl (C=O) groups excluding carboxylic acids is 2. The van der Waals surface area contributed by atoms with Gasteiger partial charge in [0.15, 0.2) is 0 Å². The van der Waals surface area contributed by atoms with Crippen LogP contribution in [0.2, 0.25) is 0 Å². The second-order valence-electron chi connectivity index (χ2n) is 9.54. The Kier molecular flexibility index (Phi) is 12.6. The Bertz CT molecular complexity index is 1160. The summed E-state index contributed by atoms with van der Waals surface area (Å²) in [7, 11) is 2.12. The first-order valence-electron chi connectivity index (χ1n) is 12.7. The lowest BCUT2D eigenvalue weighted by Gasteiger charge is -2.23. The van der Waals surface area contributed by atoms with Crippen molar-refractivity contribution in [1.82, 2.24) is 15.5 Å².